The SMILES string of the molecule is COc1ccc(NS(=O)(=O)c2ccc(Cl)cc2Cl)cn1. The minimum Gasteiger partial charge on any atom is -0.481 e. The van der Waals surface area contributed by atoms with Crippen LogP contribution in [0.4, 0.5) is 5.69 Å². The van der Waals surface area contributed by atoms with Gasteiger partial charge in [-0.15, -0.1) is 0 Å². The first-order valence-corrected chi connectivity index (χ1v) is 7.64. The Balaban J connectivity index is 2.30. The zero-order chi connectivity index (χ0) is 14.8. The molecule has 2 rings (SSSR count). The average molecular weight is 333 g/mol. The molecule has 106 valence electrons. The molecular formula is C12H10Cl2N2O3S. The van der Waals surface area contributed by atoms with Gasteiger partial charge in [-0.25, -0.2) is 13.4 Å². The van der Waals surface area contributed by atoms with Crippen molar-refractivity contribution in [3.8, 4) is 5.88 Å². The third kappa shape index (κ3) is 3.33. The van der Waals surface area contributed by atoms with E-state index in [0.717, 1.165) is 0 Å². The van der Waals surface area contributed by atoms with Crippen LogP contribution >= 0.6 is 23.2 Å². The Bertz CT molecular complexity index is 718. The van der Waals surface area contributed by atoms with Crippen LogP contribution in [-0.4, -0.2) is 20.5 Å². The van der Waals surface area contributed by atoms with Gasteiger partial charge < -0.3 is 4.74 Å². The van der Waals surface area contributed by atoms with Crippen LogP contribution in [-0.2, 0) is 10.0 Å². The van der Waals surface area contributed by atoms with E-state index in [9.17, 15) is 8.42 Å². The number of halogens is 2. The van der Waals surface area contributed by atoms with Gasteiger partial charge in [0.15, 0.2) is 0 Å². The second-order valence-corrected chi connectivity index (χ2v) is 6.26. The standard InChI is InChI=1S/C12H10Cl2N2O3S/c1-19-12-5-3-9(7-15-12)16-20(17,18)11-4-2-8(13)6-10(11)14/h2-7,16H,1H3. The maximum absolute atomic E-state index is 12.2. The van der Waals surface area contributed by atoms with Crippen molar-refractivity contribution in [2.24, 2.45) is 0 Å². The minimum atomic E-state index is -3.80. The number of hydrogen-bond donors (Lipinski definition) is 1. The van der Waals surface area contributed by atoms with Crippen molar-refractivity contribution >= 4 is 38.9 Å². The molecule has 0 amide bonds. The second-order valence-electron chi connectivity index (χ2n) is 3.77. The summed E-state index contributed by atoms with van der Waals surface area (Å²) in [7, 11) is -2.33. The zero-order valence-electron chi connectivity index (χ0n) is 10.3. The molecule has 0 aliphatic rings. The zero-order valence-corrected chi connectivity index (χ0v) is 12.6. The van der Waals surface area contributed by atoms with Gasteiger partial charge in [0.25, 0.3) is 10.0 Å². The van der Waals surface area contributed by atoms with Gasteiger partial charge in [0.05, 0.1) is 24.0 Å². The van der Waals surface area contributed by atoms with E-state index < -0.39 is 10.0 Å². The Labute approximate surface area is 126 Å². The molecule has 2 aromatic rings. The lowest BCUT2D eigenvalue weighted by Crippen LogP contribution is -2.13. The molecule has 1 aromatic carbocycles. The Morgan fingerprint density at radius 2 is 1.95 bits per heavy atom. The van der Waals surface area contributed by atoms with E-state index in [1.54, 1.807) is 6.07 Å². The van der Waals surface area contributed by atoms with Crippen LogP contribution in [0.1, 0.15) is 0 Å². The number of pyridine rings is 1. The number of sulfonamides is 1. The molecule has 0 fully saturated rings. The number of aromatic nitrogens is 1. The van der Waals surface area contributed by atoms with Crippen LogP contribution < -0.4 is 9.46 Å². The monoisotopic (exact) mass is 332 g/mol. The van der Waals surface area contributed by atoms with Crippen molar-refractivity contribution in [1.82, 2.24) is 4.98 Å². The van der Waals surface area contributed by atoms with Crippen molar-refractivity contribution in [3.05, 3.63) is 46.6 Å². The number of nitrogens with zero attached hydrogens (tertiary/aromatic N) is 1. The number of methoxy groups -OCH3 is 1. The van der Waals surface area contributed by atoms with Gasteiger partial charge in [-0.1, -0.05) is 23.2 Å². The molecule has 0 bridgehead atoms. The highest BCUT2D eigenvalue weighted by Gasteiger charge is 2.18. The maximum atomic E-state index is 12.2. The maximum Gasteiger partial charge on any atom is 0.263 e. The Morgan fingerprint density at radius 3 is 2.50 bits per heavy atom. The third-order valence-electron chi connectivity index (χ3n) is 2.38. The fourth-order valence-electron chi connectivity index (χ4n) is 1.46. The predicted molar refractivity (Wildman–Crippen MR) is 78.1 cm³/mol. The minimum absolute atomic E-state index is 0.0477. The Kier molecular flexibility index (Phi) is 4.37. The van der Waals surface area contributed by atoms with E-state index >= 15 is 0 Å². The molecule has 5 nitrogen and oxygen atoms in total. The summed E-state index contributed by atoms with van der Waals surface area (Å²) in [5, 5.41) is 0.409. The van der Waals surface area contributed by atoms with Crippen LogP contribution in [0.3, 0.4) is 0 Å². The van der Waals surface area contributed by atoms with Gasteiger partial charge in [-0.3, -0.25) is 4.72 Å². The van der Waals surface area contributed by atoms with Gasteiger partial charge in [-0.05, 0) is 24.3 Å². The number of nitrogens with one attached hydrogen (secondary N) is 1. The number of ether oxygens (including phenoxy) is 1. The van der Waals surface area contributed by atoms with Crippen LogP contribution in [0.25, 0.3) is 0 Å². The summed E-state index contributed by atoms with van der Waals surface area (Å²) < 4.78 is 31.6. The normalized spacial score (nSPS) is 11.2. The first-order chi connectivity index (χ1) is 9.42. The molecule has 0 spiro atoms. The number of anilines is 1. The van der Waals surface area contributed by atoms with Crippen LogP contribution in [0.15, 0.2) is 41.4 Å². The van der Waals surface area contributed by atoms with Crippen molar-refractivity contribution in [3.63, 3.8) is 0 Å². The van der Waals surface area contributed by atoms with E-state index in [1.807, 2.05) is 0 Å². The number of hydrogen-bond acceptors (Lipinski definition) is 4. The summed E-state index contributed by atoms with van der Waals surface area (Å²) in [4.78, 5) is 3.85. The summed E-state index contributed by atoms with van der Waals surface area (Å²) in [6.45, 7) is 0. The molecule has 0 atom stereocenters. The molecule has 0 saturated heterocycles. The molecule has 0 saturated carbocycles. The molecule has 20 heavy (non-hydrogen) atoms. The highest BCUT2D eigenvalue weighted by Crippen LogP contribution is 2.26. The number of benzene rings is 1. The highest BCUT2D eigenvalue weighted by molar-refractivity contribution is 7.92. The van der Waals surface area contributed by atoms with Crippen LogP contribution in [0, 0.1) is 0 Å². The third-order valence-corrected chi connectivity index (χ3v) is 4.48. The van der Waals surface area contributed by atoms with E-state index in [0.29, 0.717) is 16.6 Å². The molecule has 1 aromatic heterocycles. The highest BCUT2D eigenvalue weighted by atomic mass is 35.5. The van der Waals surface area contributed by atoms with E-state index in [-0.39, 0.29) is 9.92 Å². The molecule has 1 heterocycles. The Hall–Kier alpha value is -1.50. The van der Waals surface area contributed by atoms with Gasteiger partial charge in [-0.2, -0.15) is 0 Å². The molecule has 0 unspecified atom stereocenters. The van der Waals surface area contributed by atoms with Crippen molar-refractivity contribution in [2.45, 2.75) is 4.90 Å². The van der Waals surface area contributed by atoms with E-state index in [1.165, 1.54) is 37.6 Å². The fourth-order valence-corrected chi connectivity index (χ4v) is 3.28. The van der Waals surface area contributed by atoms with Crippen molar-refractivity contribution in [1.29, 1.82) is 0 Å². The van der Waals surface area contributed by atoms with Gasteiger partial charge in [0.1, 0.15) is 4.90 Å². The molecular weight excluding hydrogens is 323 g/mol. The quantitative estimate of drug-likeness (QED) is 0.933. The first kappa shape index (κ1) is 14.9. The molecule has 0 aliphatic carbocycles. The molecule has 8 heteroatoms. The summed E-state index contributed by atoms with van der Waals surface area (Å²) in [5.74, 6) is 0.387. The summed E-state index contributed by atoms with van der Waals surface area (Å²) in [6, 6.07) is 7.23. The lowest BCUT2D eigenvalue weighted by molar-refractivity contribution is 0.398. The molecule has 1 N–H and O–H groups in total. The van der Waals surface area contributed by atoms with Crippen molar-refractivity contribution in [2.75, 3.05) is 11.8 Å². The molecule has 0 radical (unpaired) electrons. The average Bonchev–Trinajstić information content (AvgIpc) is 2.38. The van der Waals surface area contributed by atoms with Crippen LogP contribution in [0.2, 0.25) is 10.0 Å². The summed E-state index contributed by atoms with van der Waals surface area (Å²) in [6.07, 6.45) is 1.35. The van der Waals surface area contributed by atoms with Crippen LogP contribution in [0.5, 0.6) is 5.88 Å². The summed E-state index contributed by atoms with van der Waals surface area (Å²) >= 11 is 11.6. The predicted octanol–water partition coefficient (Wildman–Crippen LogP) is 3.20. The van der Waals surface area contributed by atoms with Gasteiger partial charge >= 0.3 is 0 Å². The first-order valence-electron chi connectivity index (χ1n) is 5.40. The largest absolute Gasteiger partial charge is 0.481 e. The van der Waals surface area contributed by atoms with Crippen molar-refractivity contribution < 1.29 is 13.2 Å². The van der Waals surface area contributed by atoms with E-state index in [2.05, 4.69) is 9.71 Å². The lowest BCUT2D eigenvalue weighted by atomic mass is 10.4. The second kappa shape index (κ2) is 5.87. The Morgan fingerprint density at radius 1 is 1.20 bits per heavy atom. The lowest BCUT2D eigenvalue weighted by Gasteiger charge is -2.09. The fraction of sp³-hybridized carbons (Fsp3) is 0.0833. The van der Waals surface area contributed by atoms with Gasteiger partial charge in [0, 0.05) is 11.1 Å². The summed E-state index contributed by atoms with van der Waals surface area (Å²) in [5.41, 5.74) is 0.303. The molecule has 0 aliphatic heterocycles. The van der Waals surface area contributed by atoms with E-state index in [4.69, 9.17) is 27.9 Å². The van der Waals surface area contributed by atoms with Gasteiger partial charge in [0.2, 0.25) is 5.88 Å². The topological polar surface area (TPSA) is 68.3 Å². The number of rotatable bonds is 4. The smallest absolute Gasteiger partial charge is 0.263 e.